The minimum absolute atomic E-state index is 0.121. The van der Waals surface area contributed by atoms with E-state index in [1.807, 2.05) is 12.1 Å². The SMILES string of the molecule is CC1(C)c2cc(-c3ccc4cc(-c5cc6c(c7ccccc57)C5C=CC=CC5C=C6)ccc4c3)ccc2C2C=CC=CC21.CC1(C)c2ccccc2-c2ccc(Br)cc21.OB(O)c1ccc2cc(C3C=C4C=CC5CCC=CC5C4=C4C=CC=CC43)ccc2c1. The van der Waals surface area contributed by atoms with E-state index in [-0.39, 0.29) is 16.7 Å². The second kappa shape index (κ2) is 22.4. The Morgan fingerprint density at radius 2 is 1.17 bits per heavy atom. The van der Waals surface area contributed by atoms with Crippen LogP contribution in [0.15, 0.2) is 294 Å². The van der Waals surface area contributed by atoms with Crippen LogP contribution in [0.1, 0.15) is 97.2 Å². The molecule has 8 atom stereocenters. The van der Waals surface area contributed by atoms with Crippen molar-refractivity contribution in [1.82, 2.24) is 0 Å². The van der Waals surface area contributed by atoms with Gasteiger partial charge < -0.3 is 10.0 Å². The van der Waals surface area contributed by atoms with Gasteiger partial charge in [-0.25, -0.2) is 0 Å². The second-order valence-electron chi connectivity index (χ2n) is 27.3. The molecule has 8 unspecified atom stereocenters. The van der Waals surface area contributed by atoms with Crippen LogP contribution < -0.4 is 5.46 Å². The van der Waals surface area contributed by atoms with E-state index in [0.29, 0.717) is 46.9 Å². The molecule has 9 aliphatic carbocycles. The quantitative estimate of drug-likeness (QED) is 0.136. The summed E-state index contributed by atoms with van der Waals surface area (Å²) in [7, 11) is -1.44. The van der Waals surface area contributed by atoms with E-state index in [1.54, 1.807) is 6.07 Å². The molecule has 0 heterocycles. The van der Waals surface area contributed by atoms with Crippen molar-refractivity contribution in [2.24, 2.45) is 29.6 Å². The van der Waals surface area contributed by atoms with Gasteiger partial charge in [-0.1, -0.05) is 293 Å². The lowest BCUT2D eigenvalue weighted by Crippen LogP contribution is -2.29. The zero-order chi connectivity index (χ0) is 61.0. The molecule has 9 aliphatic rings. The van der Waals surface area contributed by atoms with Crippen LogP contribution >= 0.6 is 15.9 Å². The average molecular weight is 1230 g/mol. The number of benzene rings is 9. The molecule has 0 fully saturated rings. The molecule has 0 saturated carbocycles. The van der Waals surface area contributed by atoms with Crippen LogP contribution in [-0.4, -0.2) is 17.2 Å². The van der Waals surface area contributed by atoms with Crippen molar-refractivity contribution in [3.63, 3.8) is 0 Å². The molecule has 0 spiro atoms. The highest BCUT2D eigenvalue weighted by molar-refractivity contribution is 9.10. The number of hydrogen-bond donors (Lipinski definition) is 2. The highest BCUT2D eigenvalue weighted by Crippen LogP contribution is 2.55. The maximum absolute atomic E-state index is 9.48. The molecule has 438 valence electrons. The summed E-state index contributed by atoms with van der Waals surface area (Å²) in [6, 6.07) is 60.0. The first-order chi connectivity index (χ1) is 43.8. The topological polar surface area (TPSA) is 40.5 Å². The minimum atomic E-state index is -1.44. The standard InChI is InChI=1S/C43H34.C28H25BO2.C15H13Br/c1-43(2)40-14-8-7-12-36(40)37-22-21-31(26-41(37)43)29-16-17-30-24-32(19-18-28(30)23-29)39-25-33-20-15-27-9-3-4-10-34(27)42(33)38-13-6-5-11-35(38)39;30-29(31)23-14-13-19-15-21(11-10-20(19)16-23)27-17-22-12-9-18-5-1-2-6-24(18)28(22)26-8-4-3-7-25(26)27;1-15(2)13-6-4-3-5-11(13)12-8-7-10(16)9-14(12)15/h3-27,34,36,40H,1-2H3;2-4,6-18,24-25,27,30-31H,1,5H2;3-9H,1-2H3. The van der Waals surface area contributed by atoms with Crippen LogP contribution in [0, 0.1) is 29.6 Å². The Labute approximate surface area is 538 Å². The van der Waals surface area contributed by atoms with E-state index in [9.17, 15) is 10.0 Å². The van der Waals surface area contributed by atoms with E-state index in [4.69, 9.17) is 0 Å². The third-order valence-electron chi connectivity index (χ3n) is 21.6. The van der Waals surface area contributed by atoms with Crippen molar-refractivity contribution in [3.05, 3.63) is 333 Å². The normalized spacial score (nSPS) is 23.9. The number of rotatable bonds is 4. The number of halogens is 1. The van der Waals surface area contributed by atoms with Crippen LogP contribution in [-0.2, 0) is 10.8 Å². The lowest BCUT2D eigenvalue weighted by Gasteiger charge is -2.40. The molecule has 0 amide bonds. The van der Waals surface area contributed by atoms with E-state index in [1.165, 1.54) is 123 Å². The van der Waals surface area contributed by atoms with Crippen molar-refractivity contribution in [2.45, 2.75) is 69.1 Å². The Hall–Kier alpha value is -8.64. The van der Waals surface area contributed by atoms with Gasteiger partial charge in [0.2, 0.25) is 0 Å². The first-order valence-electron chi connectivity index (χ1n) is 32.4. The molecule has 4 heteroatoms. The number of allylic oxidation sites excluding steroid dienone is 21. The zero-order valence-electron chi connectivity index (χ0n) is 51.4. The summed E-state index contributed by atoms with van der Waals surface area (Å²) in [4.78, 5) is 0. The first kappa shape index (κ1) is 56.6. The van der Waals surface area contributed by atoms with Gasteiger partial charge in [-0.15, -0.1) is 0 Å². The largest absolute Gasteiger partial charge is 0.488 e. The van der Waals surface area contributed by atoms with Crippen LogP contribution in [0.4, 0.5) is 0 Å². The summed E-state index contributed by atoms with van der Waals surface area (Å²) < 4.78 is 1.16. The Kier molecular flexibility index (Phi) is 14.1. The van der Waals surface area contributed by atoms with Crippen molar-refractivity contribution in [1.29, 1.82) is 0 Å². The summed E-state index contributed by atoms with van der Waals surface area (Å²) in [5.41, 5.74) is 23.0. The Morgan fingerprint density at radius 1 is 0.478 bits per heavy atom. The van der Waals surface area contributed by atoms with Gasteiger partial charge in [0, 0.05) is 45.4 Å². The molecule has 0 bridgehead atoms. The van der Waals surface area contributed by atoms with Gasteiger partial charge in [-0.2, -0.15) is 0 Å². The molecule has 2 nitrogen and oxygen atoms in total. The third kappa shape index (κ3) is 9.60. The van der Waals surface area contributed by atoms with Crippen molar-refractivity contribution >= 4 is 66.9 Å². The fourth-order valence-electron chi connectivity index (χ4n) is 16.9. The molecule has 90 heavy (non-hydrogen) atoms. The van der Waals surface area contributed by atoms with Crippen LogP contribution in [0.2, 0.25) is 0 Å². The molecular formula is C86H72BBrO2. The molecular weight excluding hydrogens is 1160 g/mol. The molecule has 0 aliphatic heterocycles. The lowest BCUT2D eigenvalue weighted by atomic mass is 9.64. The maximum Gasteiger partial charge on any atom is 0.488 e. The summed E-state index contributed by atoms with van der Waals surface area (Å²) in [6.45, 7) is 9.41. The Morgan fingerprint density at radius 3 is 2.03 bits per heavy atom. The maximum atomic E-state index is 9.48. The van der Waals surface area contributed by atoms with E-state index in [2.05, 4.69) is 305 Å². The Balaban J connectivity index is 0.000000120. The van der Waals surface area contributed by atoms with Crippen LogP contribution in [0.25, 0.3) is 71.8 Å². The molecule has 0 aromatic heterocycles. The molecule has 9 aromatic carbocycles. The third-order valence-corrected chi connectivity index (χ3v) is 22.1. The van der Waals surface area contributed by atoms with Gasteiger partial charge in [-0.3, -0.25) is 0 Å². The highest BCUT2D eigenvalue weighted by atomic mass is 79.9. The van der Waals surface area contributed by atoms with Crippen LogP contribution in [0.3, 0.4) is 0 Å². The molecule has 9 aromatic rings. The summed E-state index contributed by atoms with van der Waals surface area (Å²) in [5.74, 6) is 3.63. The van der Waals surface area contributed by atoms with E-state index >= 15 is 0 Å². The van der Waals surface area contributed by atoms with Crippen molar-refractivity contribution < 1.29 is 10.0 Å². The second-order valence-corrected chi connectivity index (χ2v) is 28.2. The summed E-state index contributed by atoms with van der Waals surface area (Å²) >= 11 is 3.56. The predicted octanol–water partition coefficient (Wildman–Crippen LogP) is 20.8. The fourth-order valence-corrected chi connectivity index (χ4v) is 17.3. The van der Waals surface area contributed by atoms with Crippen molar-refractivity contribution in [2.75, 3.05) is 0 Å². The average Bonchev–Trinajstić information content (AvgIpc) is 1.05. The number of fused-ring (bicyclic) bond motifs is 17. The Bertz CT molecular complexity index is 4830. The van der Waals surface area contributed by atoms with Gasteiger partial charge in [0.15, 0.2) is 0 Å². The first-order valence-corrected chi connectivity index (χ1v) is 33.2. The highest BCUT2D eigenvalue weighted by Gasteiger charge is 2.45. The van der Waals surface area contributed by atoms with Gasteiger partial charge >= 0.3 is 7.12 Å². The summed E-state index contributed by atoms with van der Waals surface area (Å²) in [5, 5.41) is 26.4. The van der Waals surface area contributed by atoms with Gasteiger partial charge in [0.1, 0.15) is 0 Å². The zero-order valence-corrected chi connectivity index (χ0v) is 53.0. The molecule has 0 saturated heterocycles. The van der Waals surface area contributed by atoms with E-state index in [0.717, 1.165) is 15.2 Å². The lowest BCUT2D eigenvalue weighted by molar-refractivity contribution is 0.394. The van der Waals surface area contributed by atoms with Gasteiger partial charge in [-0.05, 0) is 187 Å². The number of hydrogen-bond acceptors (Lipinski definition) is 2. The van der Waals surface area contributed by atoms with Gasteiger partial charge in [0.25, 0.3) is 0 Å². The summed E-state index contributed by atoms with van der Waals surface area (Å²) in [6.07, 6.45) is 46.5. The minimum Gasteiger partial charge on any atom is -0.423 e. The van der Waals surface area contributed by atoms with Gasteiger partial charge in [0.05, 0.1) is 0 Å². The monoisotopic (exact) mass is 1230 g/mol. The molecule has 0 radical (unpaired) electrons. The van der Waals surface area contributed by atoms with Crippen molar-refractivity contribution in [3.8, 4) is 33.4 Å². The smallest absolute Gasteiger partial charge is 0.423 e. The molecule has 18 rings (SSSR count). The fraction of sp³-hybridized carbons (Fsp3) is 0.186. The van der Waals surface area contributed by atoms with Crippen LogP contribution in [0.5, 0.6) is 0 Å². The van der Waals surface area contributed by atoms with E-state index < -0.39 is 7.12 Å². The predicted molar refractivity (Wildman–Crippen MR) is 383 cm³/mol. The molecule has 2 N–H and O–H groups in total.